The van der Waals surface area contributed by atoms with E-state index in [2.05, 4.69) is 83.3 Å². The predicted octanol–water partition coefficient (Wildman–Crippen LogP) is 12.3. The van der Waals surface area contributed by atoms with E-state index >= 15 is 0 Å². The molecule has 2 fully saturated rings. The number of aryl methyl sites for hydroxylation is 2. The van der Waals surface area contributed by atoms with Crippen LogP contribution in [0.2, 0.25) is 0 Å². The average molecular weight is 668 g/mol. The van der Waals surface area contributed by atoms with E-state index in [0.29, 0.717) is 11.6 Å². The minimum absolute atomic E-state index is 0.170. The minimum Gasteiger partial charge on any atom is -0.308 e. The molecule has 0 radical (unpaired) electrons. The maximum Gasteiger partial charge on any atom is 0.169 e. The molecule has 0 aliphatic heterocycles. The first-order chi connectivity index (χ1) is 24.5. The molecule has 0 amide bonds. The van der Waals surface area contributed by atoms with E-state index in [0.717, 1.165) is 99.2 Å². The highest BCUT2D eigenvalue weighted by atomic mass is 32.1. The second-order valence-electron chi connectivity index (χ2n) is 16.2. The van der Waals surface area contributed by atoms with Crippen LogP contribution in [0.15, 0.2) is 78.9 Å². The topological polar surface area (TPSA) is 38.5 Å². The van der Waals surface area contributed by atoms with Crippen molar-refractivity contribution in [3.05, 3.63) is 101 Å². The Labute approximate surface area is 294 Å². The zero-order chi connectivity index (χ0) is 32.9. The maximum atomic E-state index is 14.3. The fourth-order valence-corrected chi connectivity index (χ4v) is 12.5. The molecule has 8 aromatic rings. The highest BCUT2D eigenvalue weighted by molar-refractivity contribution is 7.25. The molecule has 0 bridgehead atoms. The molecule has 2 spiro atoms. The molecule has 0 atom stereocenters. The van der Waals surface area contributed by atoms with Crippen molar-refractivity contribution in [3.8, 4) is 11.1 Å². The molecule has 0 N–H and O–H groups in total. The standard InChI is InChI=1S/C46H37NO2S/c48-43-31-24-37-33(20-26(31)12-18-45(43)14-3-4-15-45)35-22-28(29-9-7-11-40-41(29)30-8-1-2-10-39(30)50-40)23-36-34-21-27-13-19-46(16-5-6-17-46)44(49)32(27)25-38(34)47(37)42(35)36/h1-2,7-11,20-25H,3-6,12-19H2. The van der Waals surface area contributed by atoms with E-state index in [-0.39, 0.29) is 10.8 Å². The van der Waals surface area contributed by atoms with Crippen LogP contribution in [0.3, 0.4) is 0 Å². The molecular weight excluding hydrogens is 631 g/mol. The molecule has 244 valence electrons. The van der Waals surface area contributed by atoms with Gasteiger partial charge in [0.1, 0.15) is 0 Å². The number of fused-ring (bicyclic) bond motifs is 11. The average Bonchev–Trinajstić information content (AvgIpc) is 3.98. The summed E-state index contributed by atoms with van der Waals surface area (Å²) in [5.74, 6) is 0.741. The number of carbonyl (C=O) groups excluding carboxylic acids is 2. The van der Waals surface area contributed by atoms with Crippen molar-refractivity contribution in [2.45, 2.75) is 77.0 Å². The fourth-order valence-electron chi connectivity index (χ4n) is 11.3. The molecule has 4 aliphatic carbocycles. The number of nitrogens with zero attached hydrogens (tertiary/aromatic N) is 1. The smallest absolute Gasteiger partial charge is 0.169 e. The van der Waals surface area contributed by atoms with Gasteiger partial charge in [-0.1, -0.05) is 56.0 Å². The number of rotatable bonds is 1. The molecular formula is C46H37NO2S. The SMILES string of the molecule is O=C1c2cc3c(cc2CCC12CCCC2)c1cc(-c2cccc4sc5ccccc5c24)cc2c4cc5c(cc4n3c12)C(=O)C1(CCCC1)CC5. The van der Waals surface area contributed by atoms with E-state index in [1.807, 2.05) is 11.3 Å². The fraction of sp³-hybridized carbons (Fsp3) is 0.304. The number of carbonyl (C=O) groups is 2. The number of benzene rings is 5. The third-order valence-electron chi connectivity index (χ3n) is 13.9. The zero-order valence-corrected chi connectivity index (χ0v) is 29.0. The van der Waals surface area contributed by atoms with Crippen molar-refractivity contribution in [2.75, 3.05) is 0 Å². The third-order valence-corrected chi connectivity index (χ3v) is 15.0. The Bertz CT molecular complexity index is 2690. The van der Waals surface area contributed by atoms with Crippen LogP contribution in [-0.2, 0) is 12.8 Å². The van der Waals surface area contributed by atoms with Crippen molar-refractivity contribution in [3.63, 3.8) is 0 Å². The molecule has 3 aromatic heterocycles. The van der Waals surface area contributed by atoms with Gasteiger partial charge < -0.3 is 4.40 Å². The highest BCUT2D eigenvalue weighted by Crippen LogP contribution is 2.52. The lowest BCUT2D eigenvalue weighted by Crippen LogP contribution is -2.33. The van der Waals surface area contributed by atoms with Crippen molar-refractivity contribution >= 4 is 81.2 Å². The second-order valence-corrected chi connectivity index (χ2v) is 17.3. The first kappa shape index (κ1) is 28.2. The molecule has 50 heavy (non-hydrogen) atoms. The van der Waals surface area contributed by atoms with Gasteiger partial charge in [0, 0.05) is 63.7 Å². The van der Waals surface area contributed by atoms with Crippen LogP contribution >= 0.6 is 11.3 Å². The summed E-state index contributed by atoms with van der Waals surface area (Å²) < 4.78 is 5.05. The van der Waals surface area contributed by atoms with Gasteiger partial charge >= 0.3 is 0 Å². The second kappa shape index (κ2) is 9.61. The van der Waals surface area contributed by atoms with E-state index in [4.69, 9.17) is 0 Å². The monoisotopic (exact) mass is 667 g/mol. The normalized spacial score (nSPS) is 19.8. The summed E-state index contributed by atoms with van der Waals surface area (Å²) in [6.07, 6.45) is 12.7. The van der Waals surface area contributed by atoms with E-state index in [1.165, 1.54) is 69.5 Å². The summed E-state index contributed by atoms with van der Waals surface area (Å²) in [6, 6.07) is 29.6. The Morgan fingerprint density at radius 2 is 1.08 bits per heavy atom. The molecule has 3 heterocycles. The summed E-state index contributed by atoms with van der Waals surface area (Å²) in [7, 11) is 0. The van der Waals surface area contributed by atoms with E-state index in [9.17, 15) is 9.59 Å². The van der Waals surface area contributed by atoms with Gasteiger partial charge in [-0.15, -0.1) is 11.3 Å². The molecule has 12 rings (SSSR count). The van der Waals surface area contributed by atoms with Crippen molar-refractivity contribution in [2.24, 2.45) is 10.8 Å². The third kappa shape index (κ3) is 3.46. The lowest BCUT2D eigenvalue weighted by atomic mass is 9.69. The van der Waals surface area contributed by atoms with E-state index < -0.39 is 0 Å². The van der Waals surface area contributed by atoms with E-state index in [1.54, 1.807) is 0 Å². The summed E-state index contributed by atoms with van der Waals surface area (Å²) in [6.45, 7) is 0. The number of Topliss-reactive ketones (excluding diaryl/α,β-unsaturated/α-hetero) is 2. The highest BCUT2D eigenvalue weighted by Gasteiger charge is 2.46. The minimum atomic E-state index is -0.170. The van der Waals surface area contributed by atoms with Gasteiger partial charge in [0.25, 0.3) is 0 Å². The van der Waals surface area contributed by atoms with Gasteiger partial charge in [-0.25, -0.2) is 0 Å². The first-order valence-electron chi connectivity index (χ1n) is 18.9. The Kier molecular flexibility index (Phi) is 5.42. The number of hydrogen-bond donors (Lipinski definition) is 0. The lowest BCUT2D eigenvalue weighted by Gasteiger charge is -2.33. The Morgan fingerprint density at radius 1 is 0.520 bits per heavy atom. The van der Waals surface area contributed by atoms with Gasteiger partial charge in [0.2, 0.25) is 0 Å². The molecule has 3 nitrogen and oxygen atoms in total. The zero-order valence-electron chi connectivity index (χ0n) is 28.2. The van der Waals surface area contributed by atoms with Gasteiger partial charge in [-0.05, 0) is 122 Å². The summed E-state index contributed by atoms with van der Waals surface area (Å²) in [4.78, 5) is 28.7. The largest absolute Gasteiger partial charge is 0.308 e. The number of ketones is 2. The van der Waals surface area contributed by atoms with Crippen molar-refractivity contribution < 1.29 is 9.59 Å². The van der Waals surface area contributed by atoms with Crippen LogP contribution in [0.5, 0.6) is 0 Å². The van der Waals surface area contributed by atoms with Crippen LogP contribution in [-0.4, -0.2) is 16.0 Å². The van der Waals surface area contributed by atoms with Crippen LogP contribution in [0.25, 0.3) is 69.4 Å². The number of hydrogen-bond acceptors (Lipinski definition) is 3. The van der Waals surface area contributed by atoms with Crippen molar-refractivity contribution in [1.29, 1.82) is 0 Å². The lowest BCUT2D eigenvalue weighted by molar-refractivity contribution is 0.0759. The van der Waals surface area contributed by atoms with Gasteiger partial charge in [0.15, 0.2) is 11.6 Å². The summed E-state index contributed by atoms with van der Waals surface area (Å²) in [5, 5.41) is 7.57. The first-order valence-corrected chi connectivity index (χ1v) is 19.7. The van der Waals surface area contributed by atoms with Gasteiger partial charge in [-0.3, -0.25) is 9.59 Å². The van der Waals surface area contributed by atoms with Crippen LogP contribution in [0.1, 0.15) is 96.1 Å². The molecule has 0 unspecified atom stereocenters. The Hall–Kier alpha value is -4.54. The Balaban J connectivity index is 1.19. The quantitative estimate of drug-likeness (QED) is 0.175. The predicted molar refractivity (Wildman–Crippen MR) is 207 cm³/mol. The van der Waals surface area contributed by atoms with Crippen molar-refractivity contribution in [1.82, 2.24) is 4.40 Å². The van der Waals surface area contributed by atoms with Crippen LogP contribution < -0.4 is 0 Å². The number of thiophene rings is 1. The van der Waals surface area contributed by atoms with Gasteiger partial charge in [-0.2, -0.15) is 0 Å². The maximum absolute atomic E-state index is 14.3. The number of aromatic nitrogens is 1. The molecule has 0 saturated heterocycles. The molecule has 4 heteroatoms. The van der Waals surface area contributed by atoms with Gasteiger partial charge in [0.05, 0.1) is 16.6 Å². The molecule has 5 aromatic carbocycles. The molecule has 2 saturated carbocycles. The Morgan fingerprint density at radius 3 is 1.68 bits per heavy atom. The van der Waals surface area contributed by atoms with Crippen LogP contribution in [0.4, 0.5) is 0 Å². The van der Waals surface area contributed by atoms with Crippen LogP contribution in [0, 0.1) is 10.8 Å². The summed E-state index contributed by atoms with van der Waals surface area (Å²) >= 11 is 1.87. The molecule has 4 aliphatic rings. The summed E-state index contributed by atoms with van der Waals surface area (Å²) in [5.41, 5.74) is 9.89.